The molecule has 3 aromatic carbocycles. The summed E-state index contributed by atoms with van der Waals surface area (Å²) in [5.41, 5.74) is 5.96. The first-order valence-electron chi connectivity index (χ1n) is 27.7. The van der Waals surface area contributed by atoms with Gasteiger partial charge in [-0.1, -0.05) is 267 Å². The van der Waals surface area contributed by atoms with Gasteiger partial charge in [-0.3, -0.25) is 9.98 Å². The summed E-state index contributed by atoms with van der Waals surface area (Å²) in [6, 6.07) is 23.5. The van der Waals surface area contributed by atoms with Crippen molar-refractivity contribution in [1.29, 1.82) is 0 Å². The molecule has 0 heterocycles. The van der Waals surface area contributed by atoms with Crippen molar-refractivity contribution >= 4 is 22.8 Å². The Bertz CT molecular complexity index is 1670. The fourth-order valence-electron chi connectivity index (χ4n) is 8.52. The third-order valence-electron chi connectivity index (χ3n) is 12.8. The predicted octanol–water partition coefficient (Wildman–Crippen LogP) is 19.1. The Morgan fingerprint density at radius 1 is 0.403 bits per heavy atom. The summed E-state index contributed by atoms with van der Waals surface area (Å²) >= 11 is 0. The number of aliphatic imine (C=N–C) groups is 2. The van der Waals surface area contributed by atoms with Crippen LogP contribution in [0.2, 0.25) is 0 Å². The van der Waals surface area contributed by atoms with Crippen LogP contribution in [-0.2, 0) is 16.5 Å². The molecule has 5 heteroatoms. The number of unbranched alkanes of at least 4 members (excludes halogenated alkanes) is 31. The van der Waals surface area contributed by atoms with Crippen molar-refractivity contribution in [1.82, 2.24) is 0 Å². The molecule has 0 aliphatic carbocycles. The Morgan fingerprint density at radius 2 is 0.776 bits per heavy atom. The van der Waals surface area contributed by atoms with E-state index in [-0.39, 0.29) is 16.5 Å². The Labute approximate surface area is 423 Å². The van der Waals surface area contributed by atoms with Crippen molar-refractivity contribution in [2.45, 2.75) is 259 Å². The average Bonchev–Trinajstić information content (AvgIpc) is 3.33. The Kier molecular flexibility index (Phi) is 41.5. The van der Waals surface area contributed by atoms with Crippen molar-refractivity contribution in [3.8, 4) is 23.3 Å². The second-order valence-electron chi connectivity index (χ2n) is 19.1. The minimum atomic E-state index is -0.421. The fraction of sp³-hybridized carbons (Fsp3) is 0.645. The Morgan fingerprint density at radius 3 is 1.18 bits per heavy atom. The SMILES string of the molecule is CCCCCCCCCCCCCCCCCCCCCCCCCCCC#Cc1ccc(N=C(CCCCCCCC)C(CCCC)=Nc2ccccc2)cc1.Cc1cccc([O-])c1[O-].[Ni+2]. The van der Waals surface area contributed by atoms with Crippen LogP contribution in [0.25, 0.3) is 0 Å². The number of benzene rings is 3. The maximum atomic E-state index is 10.7. The summed E-state index contributed by atoms with van der Waals surface area (Å²) in [6.45, 7) is 8.48. The van der Waals surface area contributed by atoms with Crippen molar-refractivity contribution in [3.05, 3.63) is 83.9 Å². The van der Waals surface area contributed by atoms with Gasteiger partial charge >= 0.3 is 16.5 Å². The zero-order valence-corrected chi connectivity index (χ0v) is 44.4. The fourth-order valence-corrected chi connectivity index (χ4v) is 8.52. The molecule has 0 radical (unpaired) electrons. The van der Waals surface area contributed by atoms with E-state index < -0.39 is 11.5 Å². The molecule has 3 rings (SSSR count). The summed E-state index contributed by atoms with van der Waals surface area (Å²) < 4.78 is 0. The van der Waals surface area contributed by atoms with Crippen molar-refractivity contribution < 1.29 is 26.7 Å². The molecule has 67 heavy (non-hydrogen) atoms. The number of para-hydroxylation sites is 2. The van der Waals surface area contributed by atoms with Crippen LogP contribution < -0.4 is 10.2 Å². The second-order valence-corrected chi connectivity index (χ2v) is 19.1. The maximum absolute atomic E-state index is 10.7. The summed E-state index contributed by atoms with van der Waals surface area (Å²) in [4.78, 5) is 10.3. The summed E-state index contributed by atoms with van der Waals surface area (Å²) in [6.07, 6.45) is 48.8. The zero-order valence-electron chi connectivity index (χ0n) is 43.4. The van der Waals surface area contributed by atoms with E-state index in [2.05, 4.69) is 87.2 Å². The molecule has 0 N–H and O–H groups in total. The van der Waals surface area contributed by atoms with Gasteiger partial charge in [0, 0.05) is 12.0 Å². The van der Waals surface area contributed by atoms with Gasteiger partial charge in [0.1, 0.15) is 0 Å². The van der Waals surface area contributed by atoms with E-state index in [9.17, 15) is 10.2 Å². The van der Waals surface area contributed by atoms with Crippen LogP contribution in [0.15, 0.2) is 82.8 Å². The van der Waals surface area contributed by atoms with Gasteiger partial charge in [-0.05, 0) is 75.4 Å². The molecule has 0 aliphatic heterocycles. The number of aryl methyl sites for hydroxylation is 1. The van der Waals surface area contributed by atoms with Gasteiger partial charge in [0.25, 0.3) is 0 Å². The van der Waals surface area contributed by atoms with Crippen molar-refractivity contribution in [3.63, 3.8) is 0 Å². The van der Waals surface area contributed by atoms with E-state index in [0.29, 0.717) is 5.56 Å². The van der Waals surface area contributed by atoms with Crippen LogP contribution in [0.4, 0.5) is 11.4 Å². The summed E-state index contributed by atoms with van der Waals surface area (Å²) in [5, 5.41) is 21.2. The average molecular weight is 960 g/mol. The molecule has 376 valence electrons. The molecule has 0 aromatic heterocycles. The maximum Gasteiger partial charge on any atom is 2.00 e. The van der Waals surface area contributed by atoms with Crippen molar-refractivity contribution in [2.24, 2.45) is 9.98 Å². The third kappa shape index (κ3) is 34.6. The smallest absolute Gasteiger partial charge is 0.873 e. The van der Waals surface area contributed by atoms with Gasteiger partial charge in [0.05, 0.1) is 22.8 Å². The summed E-state index contributed by atoms with van der Waals surface area (Å²) in [5.74, 6) is 6.04. The number of rotatable bonds is 38. The first-order valence-corrected chi connectivity index (χ1v) is 27.7. The molecule has 0 saturated carbocycles. The van der Waals surface area contributed by atoms with Crippen LogP contribution in [0.5, 0.6) is 11.5 Å². The predicted molar refractivity (Wildman–Crippen MR) is 287 cm³/mol. The normalized spacial score (nSPS) is 11.4. The van der Waals surface area contributed by atoms with E-state index >= 15 is 0 Å². The van der Waals surface area contributed by atoms with Gasteiger partial charge in [0.2, 0.25) is 0 Å². The van der Waals surface area contributed by atoms with Crippen LogP contribution >= 0.6 is 0 Å². The molecule has 0 amide bonds. The van der Waals surface area contributed by atoms with Gasteiger partial charge in [-0.2, -0.15) is 0 Å². The van der Waals surface area contributed by atoms with Gasteiger partial charge in [0.15, 0.2) is 0 Å². The zero-order chi connectivity index (χ0) is 47.4. The van der Waals surface area contributed by atoms with Crippen LogP contribution in [0, 0.1) is 18.8 Å². The minimum absolute atomic E-state index is 0. The van der Waals surface area contributed by atoms with E-state index in [1.807, 2.05) is 0 Å². The number of hydrogen-bond donors (Lipinski definition) is 0. The van der Waals surface area contributed by atoms with Crippen LogP contribution in [0.3, 0.4) is 0 Å². The Hall–Kier alpha value is -3.35. The Balaban J connectivity index is 0.00000199. The molecule has 0 atom stereocenters. The molecule has 0 bridgehead atoms. The summed E-state index contributed by atoms with van der Waals surface area (Å²) in [7, 11) is 0. The molecule has 4 nitrogen and oxygen atoms in total. The number of nitrogens with zero attached hydrogens (tertiary/aromatic N) is 2. The molecule has 3 aromatic rings. The second kappa shape index (κ2) is 45.1. The van der Waals surface area contributed by atoms with E-state index in [4.69, 9.17) is 9.98 Å². The quantitative estimate of drug-likeness (QED) is 0.0248. The first-order chi connectivity index (χ1) is 32.5. The monoisotopic (exact) mass is 959 g/mol. The molecule has 0 unspecified atom stereocenters. The van der Waals surface area contributed by atoms with Crippen LogP contribution in [-0.4, -0.2) is 11.4 Å². The van der Waals surface area contributed by atoms with Crippen LogP contribution in [0.1, 0.15) is 263 Å². The molecule has 0 fully saturated rings. The first kappa shape index (κ1) is 61.7. The topological polar surface area (TPSA) is 70.8 Å². The molecular weight excluding hydrogens is 863 g/mol. The van der Waals surface area contributed by atoms with Gasteiger partial charge < -0.3 is 10.2 Å². The van der Waals surface area contributed by atoms with E-state index in [1.54, 1.807) is 19.1 Å². The number of hydrogen-bond acceptors (Lipinski definition) is 4. The van der Waals surface area contributed by atoms with Crippen molar-refractivity contribution in [2.75, 3.05) is 0 Å². The molecular formula is C62H96N2NiO2. The molecule has 0 aliphatic rings. The largest absolute Gasteiger partial charge is 2.00 e. The molecule has 0 spiro atoms. The minimum Gasteiger partial charge on any atom is -0.873 e. The standard InChI is InChI=1S/C55H90N2.C7H8O2.Ni/c1-4-7-10-12-14-15-16-17-18-19-20-21-22-23-24-25-26-27-28-29-30-31-32-33-34-35-38-42-51-47-49-53(50-48-51)57-55(46-41-36-13-11-8-5-2)54(45-9-6-3)56-52-43-39-37-40-44-52;1-5-3-2-4-6(8)7(5)9;/h37,39-40,43-44,47-50H,4-36,41,45-46H2,1-3H3;2-4,8-9H,1H3;/q;;+2/p-2. The van der Waals surface area contributed by atoms with E-state index in [0.717, 1.165) is 60.5 Å². The van der Waals surface area contributed by atoms with Gasteiger partial charge in [-0.25, -0.2) is 0 Å². The van der Waals surface area contributed by atoms with Gasteiger partial charge in [-0.15, -0.1) is 11.5 Å². The third-order valence-corrected chi connectivity index (χ3v) is 12.8. The molecule has 0 saturated heterocycles. The van der Waals surface area contributed by atoms with E-state index in [1.165, 1.54) is 205 Å².